The van der Waals surface area contributed by atoms with E-state index < -0.39 is 4.92 Å². The first kappa shape index (κ1) is 11.1. The van der Waals surface area contributed by atoms with Gasteiger partial charge in [0.25, 0.3) is 0 Å². The van der Waals surface area contributed by atoms with E-state index in [1.54, 1.807) is 12.2 Å². The van der Waals surface area contributed by atoms with Gasteiger partial charge in [0, 0.05) is 6.08 Å². The molecule has 0 saturated heterocycles. The van der Waals surface area contributed by atoms with Gasteiger partial charge in [-0.3, -0.25) is 10.1 Å². The van der Waals surface area contributed by atoms with Crippen molar-refractivity contribution in [2.75, 3.05) is 0 Å². The van der Waals surface area contributed by atoms with Crippen LogP contribution in [0.2, 0.25) is 0 Å². The van der Waals surface area contributed by atoms with Gasteiger partial charge in [0.05, 0.1) is 11.8 Å². The van der Waals surface area contributed by atoms with Gasteiger partial charge in [-0.1, -0.05) is 0 Å². The van der Waals surface area contributed by atoms with Gasteiger partial charge in [0.15, 0.2) is 0 Å². The fourth-order valence-corrected chi connectivity index (χ4v) is 1.25. The maximum Gasteiger partial charge on any atom is 0.433 e. The molecule has 6 heteroatoms. The molecule has 0 aliphatic rings. The number of hydrogen-bond acceptors (Lipinski definition) is 5. The van der Waals surface area contributed by atoms with Crippen molar-refractivity contribution in [2.24, 2.45) is 0 Å². The summed E-state index contributed by atoms with van der Waals surface area (Å²) < 4.78 is 10.3. The van der Waals surface area contributed by atoms with Crippen molar-refractivity contribution in [1.29, 1.82) is 0 Å². The third-order valence-corrected chi connectivity index (χ3v) is 2.23. The number of oxazole rings is 1. The van der Waals surface area contributed by atoms with Crippen LogP contribution in [0.1, 0.15) is 23.1 Å². The number of rotatable bonds is 3. The van der Waals surface area contributed by atoms with Crippen LogP contribution in [0.25, 0.3) is 12.2 Å². The maximum absolute atomic E-state index is 10.4. The summed E-state index contributed by atoms with van der Waals surface area (Å²) >= 11 is 0. The van der Waals surface area contributed by atoms with Gasteiger partial charge in [-0.15, -0.1) is 0 Å². The largest absolute Gasteiger partial charge is 0.442 e. The van der Waals surface area contributed by atoms with Gasteiger partial charge in [0.2, 0.25) is 5.89 Å². The van der Waals surface area contributed by atoms with Crippen molar-refractivity contribution in [3.05, 3.63) is 45.4 Å². The molecule has 0 radical (unpaired) electrons. The molecule has 2 aromatic rings. The Bertz CT molecular complexity index is 561. The highest BCUT2D eigenvalue weighted by Crippen LogP contribution is 2.18. The molecule has 2 heterocycles. The van der Waals surface area contributed by atoms with E-state index in [2.05, 4.69) is 4.98 Å². The van der Waals surface area contributed by atoms with Crippen molar-refractivity contribution in [3.8, 4) is 0 Å². The normalized spacial score (nSPS) is 11.2. The maximum atomic E-state index is 10.4. The van der Waals surface area contributed by atoms with Gasteiger partial charge >= 0.3 is 5.88 Å². The minimum atomic E-state index is -0.587. The van der Waals surface area contributed by atoms with Crippen molar-refractivity contribution in [2.45, 2.75) is 13.8 Å². The predicted molar refractivity (Wildman–Crippen MR) is 60.3 cm³/mol. The molecule has 2 aromatic heterocycles. The van der Waals surface area contributed by atoms with Crippen molar-refractivity contribution in [3.63, 3.8) is 0 Å². The van der Waals surface area contributed by atoms with Crippen LogP contribution in [-0.4, -0.2) is 9.91 Å². The summed E-state index contributed by atoms with van der Waals surface area (Å²) in [6.07, 6.45) is 3.17. The first-order valence-electron chi connectivity index (χ1n) is 4.92. The van der Waals surface area contributed by atoms with Crippen LogP contribution in [-0.2, 0) is 0 Å². The molecule has 6 nitrogen and oxygen atoms in total. The second kappa shape index (κ2) is 4.25. The topological polar surface area (TPSA) is 82.3 Å². The van der Waals surface area contributed by atoms with Crippen LogP contribution in [0.5, 0.6) is 0 Å². The second-order valence-corrected chi connectivity index (χ2v) is 3.46. The number of furan rings is 1. The lowest BCUT2D eigenvalue weighted by Crippen LogP contribution is -1.82. The fourth-order valence-electron chi connectivity index (χ4n) is 1.25. The highest BCUT2D eigenvalue weighted by Gasteiger charge is 2.10. The highest BCUT2D eigenvalue weighted by molar-refractivity contribution is 5.63. The number of nitrogens with zero attached hydrogens (tertiary/aromatic N) is 2. The molecular formula is C11H10N2O4. The van der Waals surface area contributed by atoms with Gasteiger partial charge in [-0.05, 0) is 26.0 Å². The monoisotopic (exact) mass is 234 g/mol. The first-order chi connectivity index (χ1) is 8.06. The molecule has 0 aliphatic carbocycles. The van der Waals surface area contributed by atoms with Gasteiger partial charge in [-0.2, -0.15) is 0 Å². The van der Waals surface area contributed by atoms with E-state index in [9.17, 15) is 10.1 Å². The van der Waals surface area contributed by atoms with E-state index in [0.717, 1.165) is 11.5 Å². The number of hydrogen-bond donors (Lipinski definition) is 0. The Kier molecular flexibility index (Phi) is 2.78. The molecule has 17 heavy (non-hydrogen) atoms. The Morgan fingerprint density at radius 1 is 1.29 bits per heavy atom. The minimum Gasteiger partial charge on any atom is -0.442 e. The smallest absolute Gasteiger partial charge is 0.433 e. The van der Waals surface area contributed by atoms with Crippen LogP contribution in [0.4, 0.5) is 5.88 Å². The summed E-state index contributed by atoms with van der Waals surface area (Å²) in [7, 11) is 0. The Morgan fingerprint density at radius 3 is 2.59 bits per heavy atom. The quantitative estimate of drug-likeness (QED) is 0.602. The molecular weight excluding hydrogens is 224 g/mol. The van der Waals surface area contributed by atoms with Gasteiger partial charge in [-0.25, -0.2) is 4.98 Å². The summed E-state index contributed by atoms with van der Waals surface area (Å²) in [4.78, 5) is 13.9. The molecule has 0 fully saturated rings. The molecule has 0 aliphatic heterocycles. The van der Waals surface area contributed by atoms with E-state index >= 15 is 0 Å². The molecule has 0 spiro atoms. The zero-order valence-electron chi connectivity index (χ0n) is 9.34. The van der Waals surface area contributed by atoms with Crippen LogP contribution >= 0.6 is 0 Å². The predicted octanol–water partition coefficient (Wildman–Crippen LogP) is 2.96. The first-order valence-corrected chi connectivity index (χ1v) is 4.92. The van der Waals surface area contributed by atoms with E-state index in [1.165, 1.54) is 12.1 Å². The molecule has 0 bridgehead atoms. The molecule has 2 rings (SSSR count). The molecule has 0 N–H and O–H groups in total. The zero-order valence-corrected chi connectivity index (χ0v) is 9.34. The van der Waals surface area contributed by atoms with Crippen molar-refractivity contribution >= 4 is 18.0 Å². The fraction of sp³-hybridized carbons (Fsp3) is 0.182. The lowest BCUT2D eigenvalue weighted by molar-refractivity contribution is -0.402. The zero-order chi connectivity index (χ0) is 12.4. The van der Waals surface area contributed by atoms with Crippen LogP contribution in [0.15, 0.2) is 21.0 Å². The lowest BCUT2D eigenvalue weighted by Gasteiger charge is -1.84. The Balaban J connectivity index is 2.17. The van der Waals surface area contributed by atoms with Crippen molar-refractivity contribution < 1.29 is 13.8 Å². The number of aryl methyl sites for hydroxylation is 2. The second-order valence-electron chi connectivity index (χ2n) is 3.46. The molecule has 0 saturated carbocycles. The molecule has 0 aromatic carbocycles. The Labute approximate surface area is 96.7 Å². The molecule has 0 unspecified atom stereocenters. The summed E-state index contributed by atoms with van der Waals surface area (Å²) in [5.74, 6) is 1.28. The summed E-state index contributed by atoms with van der Waals surface area (Å²) in [6.45, 7) is 3.66. The lowest BCUT2D eigenvalue weighted by atomic mass is 10.4. The number of nitro groups is 1. The third kappa shape index (κ3) is 2.41. The molecule has 0 atom stereocenters. The average molecular weight is 234 g/mol. The SMILES string of the molecule is Cc1nc(/C=C/c2ccc([N+](=O)[O-])o2)oc1C. The van der Waals surface area contributed by atoms with E-state index in [-0.39, 0.29) is 5.88 Å². The number of aromatic nitrogens is 1. The summed E-state index contributed by atoms with van der Waals surface area (Å²) in [6, 6.07) is 2.81. The summed E-state index contributed by atoms with van der Waals surface area (Å²) in [5, 5.41) is 10.4. The van der Waals surface area contributed by atoms with Gasteiger partial charge < -0.3 is 8.83 Å². The standard InChI is InChI=1S/C11H10N2O4/c1-7-8(2)16-10(12-7)5-3-9-4-6-11(17-9)13(14)15/h3-6H,1-2H3/b5-3+. The van der Waals surface area contributed by atoms with Gasteiger partial charge in [0.1, 0.15) is 16.4 Å². The van der Waals surface area contributed by atoms with Crippen LogP contribution in [0.3, 0.4) is 0 Å². The average Bonchev–Trinajstić information content (AvgIpc) is 2.84. The Hall–Kier alpha value is -2.37. The van der Waals surface area contributed by atoms with E-state index in [4.69, 9.17) is 8.83 Å². The highest BCUT2D eigenvalue weighted by atomic mass is 16.6. The van der Waals surface area contributed by atoms with E-state index in [0.29, 0.717) is 11.7 Å². The van der Waals surface area contributed by atoms with Crippen LogP contribution < -0.4 is 0 Å². The Morgan fingerprint density at radius 2 is 2.06 bits per heavy atom. The molecule has 88 valence electrons. The summed E-state index contributed by atoms with van der Waals surface area (Å²) in [5.41, 5.74) is 0.815. The van der Waals surface area contributed by atoms with E-state index in [1.807, 2.05) is 13.8 Å². The third-order valence-electron chi connectivity index (χ3n) is 2.23. The van der Waals surface area contributed by atoms with Crippen molar-refractivity contribution in [1.82, 2.24) is 4.98 Å². The minimum absolute atomic E-state index is 0.288. The van der Waals surface area contributed by atoms with Crippen LogP contribution in [0, 0.1) is 24.0 Å². The molecule has 0 amide bonds.